The molecule has 0 aliphatic rings. The Hall–Kier alpha value is -2.43. The van der Waals surface area contributed by atoms with E-state index in [1.807, 2.05) is 12.1 Å². The summed E-state index contributed by atoms with van der Waals surface area (Å²) in [6.07, 6.45) is 4.36. The van der Waals surface area contributed by atoms with Crippen LogP contribution in [0.3, 0.4) is 0 Å². The minimum atomic E-state index is -0.491. The lowest BCUT2D eigenvalue weighted by Crippen LogP contribution is -2.12. The molecule has 1 amide bonds. The Morgan fingerprint density at radius 2 is 2.00 bits per heavy atom. The quantitative estimate of drug-likeness (QED) is 0.828. The highest BCUT2D eigenvalue weighted by molar-refractivity contribution is 5.91. The third-order valence-corrected chi connectivity index (χ3v) is 2.67. The molecule has 0 radical (unpaired) electrons. The van der Waals surface area contributed by atoms with Crippen LogP contribution in [0.1, 0.15) is 12.0 Å². The Balaban J connectivity index is 1.89. The first kappa shape index (κ1) is 13.0. The summed E-state index contributed by atoms with van der Waals surface area (Å²) < 4.78 is 13.0. The van der Waals surface area contributed by atoms with Crippen molar-refractivity contribution in [2.24, 2.45) is 0 Å². The highest BCUT2D eigenvalue weighted by Crippen LogP contribution is 2.16. The topological polar surface area (TPSA) is 68.0 Å². The molecule has 1 aromatic carbocycles. The standard InChI is InChI=1S/C14H14FN3O/c15-12-3-2-11(9-13(12)16)18-14(19)4-1-10-5-7-17-8-6-10/h2-3,5-9H,1,4,16H2,(H,18,19). The van der Waals surface area contributed by atoms with Crippen molar-refractivity contribution in [1.29, 1.82) is 0 Å². The molecule has 3 N–H and O–H groups in total. The van der Waals surface area contributed by atoms with Crippen LogP contribution in [-0.2, 0) is 11.2 Å². The molecular weight excluding hydrogens is 245 g/mol. The fraction of sp³-hybridized carbons (Fsp3) is 0.143. The van der Waals surface area contributed by atoms with Gasteiger partial charge in [0.15, 0.2) is 0 Å². The Kier molecular flexibility index (Phi) is 4.07. The van der Waals surface area contributed by atoms with E-state index in [1.54, 1.807) is 12.4 Å². The molecule has 0 saturated carbocycles. The van der Waals surface area contributed by atoms with Crippen molar-refractivity contribution in [3.8, 4) is 0 Å². The minimum Gasteiger partial charge on any atom is -0.396 e. The normalized spacial score (nSPS) is 10.2. The van der Waals surface area contributed by atoms with Gasteiger partial charge in [0.2, 0.25) is 5.91 Å². The summed E-state index contributed by atoms with van der Waals surface area (Å²) in [4.78, 5) is 15.6. The Morgan fingerprint density at radius 1 is 1.26 bits per heavy atom. The van der Waals surface area contributed by atoms with Gasteiger partial charge in [-0.2, -0.15) is 0 Å². The number of anilines is 2. The van der Waals surface area contributed by atoms with Crippen LogP contribution in [0.2, 0.25) is 0 Å². The monoisotopic (exact) mass is 259 g/mol. The fourth-order valence-electron chi connectivity index (χ4n) is 1.65. The third kappa shape index (κ3) is 3.77. The van der Waals surface area contributed by atoms with Crippen LogP contribution in [0, 0.1) is 5.82 Å². The lowest BCUT2D eigenvalue weighted by molar-refractivity contribution is -0.116. The molecule has 0 spiro atoms. The molecule has 2 aromatic rings. The SMILES string of the molecule is Nc1cc(NC(=O)CCc2ccncc2)ccc1F. The molecule has 0 aliphatic carbocycles. The first-order valence-electron chi connectivity index (χ1n) is 5.89. The summed E-state index contributed by atoms with van der Waals surface area (Å²) in [5, 5.41) is 2.68. The molecule has 98 valence electrons. The number of halogens is 1. The average Bonchev–Trinajstić information content (AvgIpc) is 2.42. The smallest absolute Gasteiger partial charge is 0.224 e. The molecule has 2 rings (SSSR count). The van der Waals surface area contributed by atoms with Crippen molar-refractivity contribution in [3.63, 3.8) is 0 Å². The van der Waals surface area contributed by atoms with Gasteiger partial charge in [-0.15, -0.1) is 0 Å². The first-order valence-corrected chi connectivity index (χ1v) is 5.89. The second-order valence-corrected chi connectivity index (χ2v) is 4.14. The molecule has 1 heterocycles. The van der Waals surface area contributed by atoms with E-state index in [0.717, 1.165) is 5.56 Å². The highest BCUT2D eigenvalue weighted by Gasteiger charge is 2.05. The van der Waals surface area contributed by atoms with E-state index in [2.05, 4.69) is 10.3 Å². The van der Waals surface area contributed by atoms with E-state index in [0.29, 0.717) is 18.5 Å². The predicted molar refractivity (Wildman–Crippen MR) is 72.0 cm³/mol. The number of carbonyl (C=O) groups excluding carboxylic acids is 1. The molecule has 5 heteroatoms. The van der Waals surface area contributed by atoms with Crippen LogP contribution in [0.4, 0.5) is 15.8 Å². The van der Waals surface area contributed by atoms with Crippen LogP contribution < -0.4 is 11.1 Å². The number of benzene rings is 1. The lowest BCUT2D eigenvalue weighted by Gasteiger charge is -2.06. The van der Waals surface area contributed by atoms with E-state index in [9.17, 15) is 9.18 Å². The van der Waals surface area contributed by atoms with Crippen molar-refractivity contribution in [2.75, 3.05) is 11.1 Å². The van der Waals surface area contributed by atoms with Crippen molar-refractivity contribution in [1.82, 2.24) is 4.98 Å². The Labute approximate surface area is 110 Å². The number of amides is 1. The maximum absolute atomic E-state index is 13.0. The van der Waals surface area contributed by atoms with E-state index < -0.39 is 5.82 Å². The zero-order valence-corrected chi connectivity index (χ0v) is 10.3. The van der Waals surface area contributed by atoms with Crippen molar-refractivity contribution < 1.29 is 9.18 Å². The van der Waals surface area contributed by atoms with E-state index in [4.69, 9.17) is 5.73 Å². The van der Waals surface area contributed by atoms with Crippen LogP contribution in [0.25, 0.3) is 0 Å². The second kappa shape index (κ2) is 5.95. The van der Waals surface area contributed by atoms with Gasteiger partial charge >= 0.3 is 0 Å². The van der Waals surface area contributed by atoms with Crippen LogP contribution in [-0.4, -0.2) is 10.9 Å². The summed E-state index contributed by atoms with van der Waals surface area (Å²) in [7, 11) is 0. The first-order chi connectivity index (χ1) is 9.15. The van der Waals surface area contributed by atoms with Crippen molar-refractivity contribution >= 4 is 17.3 Å². The Bertz CT molecular complexity index is 572. The Morgan fingerprint density at radius 3 is 2.68 bits per heavy atom. The number of hydrogen-bond donors (Lipinski definition) is 2. The number of nitrogens with one attached hydrogen (secondary N) is 1. The largest absolute Gasteiger partial charge is 0.396 e. The highest BCUT2D eigenvalue weighted by atomic mass is 19.1. The maximum Gasteiger partial charge on any atom is 0.224 e. The van der Waals surface area contributed by atoms with E-state index >= 15 is 0 Å². The van der Waals surface area contributed by atoms with Gasteiger partial charge in [-0.1, -0.05) is 0 Å². The number of aryl methyl sites for hydroxylation is 1. The summed E-state index contributed by atoms with van der Waals surface area (Å²) >= 11 is 0. The van der Waals surface area contributed by atoms with E-state index in [-0.39, 0.29) is 11.6 Å². The van der Waals surface area contributed by atoms with Crippen molar-refractivity contribution in [2.45, 2.75) is 12.8 Å². The summed E-state index contributed by atoms with van der Waals surface area (Å²) in [6.45, 7) is 0. The predicted octanol–water partition coefficient (Wildman–Crippen LogP) is 2.37. The zero-order valence-electron chi connectivity index (χ0n) is 10.3. The molecular formula is C14H14FN3O. The number of carbonyl (C=O) groups is 1. The summed E-state index contributed by atoms with van der Waals surface area (Å²) in [6, 6.07) is 7.84. The molecule has 4 nitrogen and oxygen atoms in total. The second-order valence-electron chi connectivity index (χ2n) is 4.14. The van der Waals surface area contributed by atoms with Gasteiger partial charge in [0, 0.05) is 24.5 Å². The molecule has 1 aromatic heterocycles. The number of rotatable bonds is 4. The third-order valence-electron chi connectivity index (χ3n) is 2.67. The van der Waals surface area contributed by atoms with Crippen LogP contribution >= 0.6 is 0 Å². The van der Waals surface area contributed by atoms with Crippen LogP contribution in [0.15, 0.2) is 42.7 Å². The van der Waals surface area contributed by atoms with Crippen molar-refractivity contribution in [3.05, 3.63) is 54.1 Å². The molecule has 0 atom stereocenters. The number of nitrogen functional groups attached to an aromatic ring is 1. The van der Waals surface area contributed by atoms with Crippen LogP contribution in [0.5, 0.6) is 0 Å². The number of pyridine rings is 1. The van der Waals surface area contributed by atoms with Gasteiger partial charge in [-0.25, -0.2) is 4.39 Å². The number of hydrogen-bond acceptors (Lipinski definition) is 3. The van der Waals surface area contributed by atoms with Gasteiger partial charge < -0.3 is 11.1 Å². The number of nitrogens with two attached hydrogens (primary N) is 1. The van der Waals surface area contributed by atoms with E-state index in [1.165, 1.54) is 18.2 Å². The molecule has 0 saturated heterocycles. The molecule has 0 aliphatic heterocycles. The zero-order chi connectivity index (χ0) is 13.7. The molecule has 0 unspecified atom stereocenters. The molecule has 19 heavy (non-hydrogen) atoms. The summed E-state index contributed by atoms with van der Waals surface area (Å²) in [5.41, 5.74) is 6.99. The fourth-order valence-corrected chi connectivity index (χ4v) is 1.65. The number of aromatic nitrogens is 1. The van der Waals surface area contributed by atoms with Gasteiger partial charge in [-0.05, 0) is 42.3 Å². The number of nitrogens with zero attached hydrogens (tertiary/aromatic N) is 1. The minimum absolute atomic E-state index is 0.0203. The lowest BCUT2D eigenvalue weighted by atomic mass is 10.1. The van der Waals surface area contributed by atoms with Gasteiger partial charge in [-0.3, -0.25) is 9.78 Å². The van der Waals surface area contributed by atoms with Gasteiger partial charge in [0.05, 0.1) is 5.69 Å². The van der Waals surface area contributed by atoms with Gasteiger partial charge in [0.1, 0.15) is 5.82 Å². The molecule has 0 fully saturated rings. The molecule has 0 bridgehead atoms. The summed E-state index contributed by atoms with van der Waals surface area (Å²) in [5.74, 6) is -0.627. The maximum atomic E-state index is 13.0. The average molecular weight is 259 g/mol. The van der Waals surface area contributed by atoms with Gasteiger partial charge in [0.25, 0.3) is 0 Å².